The van der Waals surface area contributed by atoms with E-state index in [0.717, 1.165) is 48.3 Å². The van der Waals surface area contributed by atoms with Crippen LogP contribution in [0.4, 0.5) is 0 Å². The average molecular weight is 595 g/mol. The lowest BCUT2D eigenvalue weighted by atomic mass is 10.0. The summed E-state index contributed by atoms with van der Waals surface area (Å²) in [6.07, 6.45) is 5.25. The molecule has 0 aromatic heterocycles. The quantitative estimate of drug-likeness (QED) is 0.310. The van der Waals surface area contributed by atoms with Crippen LogP contribution in [0, 0.1) is 0 Å². The molecular formula is C29H30N4O6S2. The van der Waals surface area contributed by atoms with E-state index in [-0.39, 0.29) is 22.9 Å². The summed E-state index contributed by atoms with van der Waals surface area (Å²) in [6, 6.07) is 9.65. The third kappa shape index (κ3) is 5.61. The number of amides is 2. The van der Waals surface area contributed by atoms with Gasteiger partial charge in [0, 0.05) is 36.8 Å². The molecule has 2 atom stereocenters. The number of benzene rings is 2. The SMILES string of the molecule is O=C(CSc1ccc2cc(C(=O)O)ccc2c1)NC1C(=O)N2C(C(=O)O)=C(C=C3CCN(N4CCCC4)C3)CSC12. The molecule has 2 aromatic carbocycles. The van der Waals surface area contributed by atoms with Crippen LogP contribution in [-0.2, 0) is 14.4 Å². The molecule has 2 aromatic rings. The fourth-order valence-electron chi connectivity index (χ4n) is 5.82. The maximum atomic E-state index is 13.1. The Balaban J connectivity index is 1.07. The molecule has 10 nitrogen and oxygen atoms in total. The third-order valence-electron chi connectivity index (χ3n) is 7.88. The summed E-state index contributed by atoms with van der Waals surface area (Å²) in [6.45, 7) is 3.85. The largest absolute Gasteiger partial charge is 0.478 e. The Hall–Kier alpha value is -3.32. The number of allylic oxidation sites excluding steroid dienone is 1. The number of β-lactam (4-membered cyclic amide) rings is 1. The van der Waals surface area contributed by atoms with Gasteiger partial charge in [0.25, 0.3) is 5.91 Å². The molecule has 3 N–H and O–H groups in total. The number of aliphatic carboxylic acids is 1. The smallest absolute Gasteiger partial charge is 0.352 e. The Morgan fingerprint density at radius 3 is 2.51 bits per heavy atom. The van der Waals surface area contributed by atoms with Gasteiger partial charge in [-0.05, 0) is 59.9 Å². The number of hydrazine groups is 1. The van der Waals surface area contributed by atoms with Crippen molar-refractivity contribution in [2.75, 3.05) is 37.7 Å². The van der Waals surface area contributed by atoms with Crippen LogP contribution >= 0.6 is 23.5 Å². The monoisotopic (exact) mass is 594 g/mol. The Morgan fingerprint density at radius 2 is 1.76 bits per heavy atom. The highest BCUT2D eigenvalue weighted by Gasteiger charge is 2.54. The maximum Gasteiger partial charge on any atom is 0.352 e. The zero-order valence-electron chi connectivity index (χ0n) is 22.2. The highest BCUT2D eigenvalue weighted by atomic mass is 32.2. The number of nitrogens with zero attached hydrogens (tertiary/aromatic N) is 3. The highest BCUT2D eigenvalue weighted by molar-refractivity contribution is 8.00. The first kappa shape index (κ1) is 27.8. The number of thioether (sulfide) groups is 2. The zero-order valence-corrected chi connectivity index (χ0v) is 23.9. The van der Waals surface area contributed by atoms with Gasteiger partial charge < -0.3 is 15.5 Å². The summed E-state index contributed by atoms with van der Waals surface area (Å²) in [7, 11) is 0. The van der Waals surface area contributed by atoms with Gasteiger partial charge in [0.05, 0.1) is 11.3 Å². The van der Waals surface area contributed by atoms with Crippen LogP contribution < -0.4 is 5.32 Å². The van der Waals surface area contributed by atoms with Gasteiger partial charge in [-0.3, -0.25) is 14.5 Å². The maximum absolute atomic E-state index is 13.1. The Morgan fingerprint density at radius 1 is 1.00 bits per heavy atom. The van der Waals surface area contributed by atoms with Crippen LogP contribution in [0.15, 0.2) is 64.2 Å². The number of nitrogens with one attached hydrogen (secondary N) is 1. The molecule has 0 radical (unpaired) electrons. The second-order valence-electron chi connectivity index (χ2n) is 10.6. The normalized spacial score (nSPS) is 24.1. The van der Waals surface area contributed by atoms with E-state index in [2.05, 4.69) is 15.3 Å². The standard InChI is InChI=1S/C29H30N4O6S2/c34-23(16-40-22-6-5-18-12-20(28(36)37)4-3-19(18)13-22)30-24-26(35)33-25(29(38)39)21(15-41-27(24)33)11-17-7-10-32(14-17)31-8-1-2-9-31/h3-6,11-13,24,27H,1-2,7-10,14-16H2,(H,30,34)(H,36,37)(H,38,39). The highest BCUT2D eigenvalue weighted by Crippen LogP contribution is 2.41. The van der Waals surface area contributed by atoms with Crippen molar-refractivity contribution >= 4 is 58.0 Å². The van der Waals surface area contributed by atoms with E-state index in [0.29, 0.717) is 11.3 Å². The molecule has 12 heteroatoms. The van der Waals surface area contributed by atoms with Crippen LogP contribution in [0.5, 0.6) is 0 Å². The summed E-state index contributed by atoms with van der Waals surface area (Å²) in [5.41, 5.74) is 2.06. The van der Waals surface area contributed by atoms with Crippen LogP contribution in [-0.4, -0.2) is 98.0 Å². The molecule has 3 fully saturated rings. The number of carboxylic acids is 2. The van der Waals surface area contributed by atoms with E-state index >= 15 is 0 Å². The minimum atomic E-state index is -1.13. The van der Waals surface area contributed by atoms with Gasteiger partial charge in [0.1, 0.15) is 17.1 Å². The summed E-state index contributed by atoms with van der Waals surface area (Å²) in [5, 5.41) is 27.9. The van der Waals surface area contributed by atoms with E-state index in [1.165, 1.54) is 46.8 Å². The number of carbonyl (C=O) groups is 4. The van der Waals surface area contributed by atoms with Crippen molar-refractivity contribution in [1.82, 2.24) is 20.2 Å². The number of fused-ring (bicyclic) bond motifs is 2. The zero-order chi connectivity index (χ0) is 28.7. The average Bonchev–Trinajstić information content (AvgIpc) is 3.66. The lowest BCUT2D eigenvalue weighted by Gasteiger charge is -2.49. The topological polar surface area (TPSA) is 130 Å². The van der Waals surface area contributed by atoms with Crippen LogP contribution in [0.1, 0.15) is 29.6 Å². The minimum Gasteiger partial charge on any atom is -0.478 e. The number of carboxylic acid groups (broad SMARTS) is 2. The number of rotatable bonds is 8. The molecule has 4 heterocycles. The number of aromatic carboxylic acids is 1. The van der Waals surface area contributed by atoms with Crippen LogP contribution in [0.3, 0.4) is 0 Å². The van der Waals surface area contributed by atoms with Crippen LogP contribution in [0.2, 0.25) is 0 Å². The second-order valence-corrected chi connectivity index (χ2v) is 12.7. The summed E-state index contributed by atoms with van der Waals surface area (Å²) < 4.78 is 0. The van der Waals surface area contributed by atoms with Gasteiger partial charge in [-0.2, -0.15) is 0 Å². The number of hydrogen-bond donors (Lipinski definition) is 3. The molecule has 6 rings (SSSR count). The van der Waals surface area contributed by atoms with Gasteiger partial charge in [0.2, 0.25) is 5.91 Å². The third-order valence-corrected chi connectivity index (χ3v) is 10.2. The Kier molecular flexibility index (Phi) is 7.82. The molecule has 0 spiro atoms. The molecule has 0 aliphatic carbocycles. The van der Waals surface area contributed by atoms with E-state index in [1.54, 1.807) is 18.2 Å². The van der Waals surface area contributed by atoms with Crippen molar-refractivity contribution in [2.24, 2.45) is 0 Å². The second kappa shape index (κ2) is 11.5. The molecule has 41 heavy (non-hydrogen) atoms. The van der Waals surface area contributed by atoms with Crippen molar-refractivity contribution in [3.8, 4) is 0 Å². The molecule has 2 unspecified atom stereocenters. The van der Waals surface area contributed by atoms with Crippen molar-refractivity contribution in [3.63, 3.8) is 0 Å². The first-order valence-electron chi connectivity index (χ1n) is 13.6. The number of hydrogen-bond acceptors (Lipinski definition) is 8. The van der Waals surface area contributed by atoms with Crippen molar-refractivity contribution in [2.45, 2.75) is 35.6 Å². The first-order valence-corrected chi connectivity index (χ1v) is 15.6. The van der Waals surface area contributed by atoms with Crippen LogP contribution in [0.25, 0.3) is 10.8 Å². The minimum absolute atomic E-state index is 0.0213. The molecule has 4 aliphatic heterocycles. The van der Waals surface area contributed by atoms with Gasteiger partial charge >= 0.3 is 11.9 Å². The molecule has 2 amide bonds. The predicted molar refractivity (Wildman–Crippen MR) is 156 cm³/mol. The van der Waals surface area contributed by atoms with Gasteiger partial charge in [-0.1, -0.05) is 23.8 Å². The lowest BCUT2D eigenvalue weighted by molar-refractivity contribution is -0.150. The number of carbonyl (C=O) groups excluding carboxylic acids is 2. The fourth-order valence-corrected chi connectivity index (χ4v) is 7.88. The van der Waals surface area contributed by atoms with Gasteiger partial charge in [0.15, 0.2) is 0 Å². The van der Waals surface area contributed by atoms with Gasteiger partial charge in [-0.15, -0.1) is 23.5 Å². The molecule has 0 saturated carbocycles. The molecular weight excluding hydrogens is 564 g/mol. The first-order chi connectivity index (χ1) is 19.8. The Bertz CT molecular complexity index is 1500. The van der Waals surface area contributed by atoms with Crippen molar-refractivity contribution in [3.05, 3.63) is 64.9 Å². The van der Waals surface area contributed by atoms with Gasteiger partial charge in [-0.25, -0.2) is 19.6 Å². The van der Waals surface area contributed by atoms with E-state index < -0.39 is 29.3 Å². The summed E-state index contributed by atoms with van der Waals surface area (Å²) >= 11 is 2.79. The Labute approximate surface area is 245 Å². The molecule has 3 saturated heterocycles. The lowest BCUT2D eigenvalue weighted by Crippen LogP contribution is -2.70. The van der Waals surface area contributed by atoms with Crippen molar-refractivity contribution < 1.29 is 29.4 Å². The van der Waals surface area contributed by atoms with Crippen molar-refractivity contribution in [1.29, 1.82) is 0 Å². The van der Waals surface area contributed by atoms with E-state index in [4.69, 9.17) is 0 Å². The summed E-state index contributed by atoms with van der Waals surface area (Å²) in [4.78, 5) is 51.4. The molecule has 0 bridgehead atoms. The van der Waals surface area contributed by atoms with E-state index in [9.17, 15) is 29.4 Å². The predicted octanol–water partition coefficient (Wildman–Crippen LogP) is 3.01. The summed E-state index contributed by atoms with van der Waals surface area (Å²) in [5.74, 6) is -2.27. The molecule has 4 aliphatic rings. The fraction of sp³-hybridized carbons (Fsp3) is 0.379. The molecule has 214 valence electrons. The van der Waals surface area contributed by atoms with E-state index in [1.807, 2.05) is 24.3 Å².